The highest BCUT2D eigenvalue weighted by atomic mass is 35.5. The van der Waals surface area contributed by atoms with Gasteiger partial charge in [0, 0.05) is 17.0 Å². The lowest BCUT2D eigenvalue weighted by atomic mass is 10.1. The van der Waals surface area contributed by atoms with Crippen LogP contribution < -0.4 is 5.32 Å². The molecule has 23 heavy (non-hydrogen) atoms. The molecule has 5 heteroatoms. The SMILES string of the molecule is O=C(Nc1ccccc1Cl)c1cc2ccc3cccnc3c2[nH]1. The summed E-state index contributed by atoms with van der Waals surface area (Å²) in [6, 6.07) is 16.8. The lowest BCUT2D eigenvalue weighted by molar-refractivity contribution is 0.102. The fourth-order valence-corrected chi connectivity index (χ4v) is 2.80. The van der Waals surface area contributed by atoms with Crippen molar-refractivity contribution in [1.82, 2.24) is 9.97 Å². The van der Waals surface area contributed by atoms with Crippen LogP contribution in [0.2, 0.25) is 5.02 Å². The van der Waals surface area contributed by atoms with E-state index in [1.54, 1.807) is 18.3 Å². The van der Waals surface area contributed by atoms with Crippen LogP contribution in [0.3, 0.4) is 0 Å². The quantitative estimate of drug-likeness (QED) is 0.566. The average molecular weight is 322 g/mol. The van der Waals surface area contributed by atoms with Crippen molar-refractivity contribution in [3.8, 4) is 0 Å². The lowest BCUT2D eigenvalue weighted by Gasteiger charge is -2.05. The number of para-hydroxylation sites is 1. The number of aromatic amines is 1. The number of benzene rings is 2. The summed E-state index contributed by atoms with van der Waals surface area (Å²) >= 11 is 6.08. The van der Waals surface area contributed by atoms with E-state index in [1.165, 1.54) is 0 Å². The molecular weight excluding hydrogens is 310 g/mol. The van der Waals surface area contributed by atoms with Gasteiger partial charge in [-0.2, -0.15) is 0 Å². The molecule has 2 aromatic carbocycles. The second kappa shape index (κ2) is 5.41. The summed E-state index contributed by atoms with van der Waals surface area (Å²) < 4.78 is 0. The fraction of sp³-hybridized carbons (Fsp3) is 0. The molecule has 0 radical (unpaired) electrons. The number of hydrogen-bond acceptors (Lipinski definition) is 2. The van der Waals surface area contributed by atoms with Crippen LogP contribution in [0.4, 0.5) is 5.69 Å². The van der Waals surface area contributed by atoms with Crippen LogP contribution in [0.5, 0.6) is 0 Å². The van der Waals surface area contributed by atoms with E-state index in [2.05, 4.69) is 15.3 Å². The molecule has 2 N–H and O–H groups in total. The van der Waals surface area contributed by atoms with Gasteiger partial charge in [-0.25, -0.2) is 0 Å². The van der Waals surface area contributed by atoms with Crippen LogP contribution in [0, 0.1) is 0 Å². The Bertz CT molecular complexity index is 1040. The van der Waals surface area contributed by atoms with Crippen LogP contribution in [0.25, 0.3) is 21.8 Å². The van der Waals surface area contributed by atoms with E-state index in [1.807, 2.05) is 42.5 Å². The van der Waals surface area contributed by atoms with Gasteiger partial charge in [0.1, 0.15) is 5.69 Å². The number of H-pyrrole nitrogens is 1. The third-order valence-electron chi connectivity index (χ3n) is 3.73. The number of halogens is 1. The third-order valence-corrected chi connectivity index (χ3v) is 4.06. The first-order valence-electron chi connectivity index (χ1n) is 7.15. The summed E-state index contributed by atoms with van der Waals surface area (Å²) in [5, 5.41) is 5.29. The van der Waals surface area contributed by atoms with Gasteiger partial charge in [0.15, 0.2) is 0 Å². The van der Waals surface area contributed by atoms with Gasteiger partial charge in [0.25, 0.3) is 5.91 Å². The van der Waals surface area contributed by atoms with E-state index in [0.717, 1.165) is 21.8 Å². The second-order valence-corrected chi connectivity index (χ2v) is 5.63. The van der Waals surface area contributed by atoms with Crippen molar-refractivity contribution >= 4 is 45.0 Å². The normalized spacial score (nSPS) is 11.0. The largest absolute Gasteiger partial charge is 0.349 e. The maximum atomic E-state index is 12.5. The first-order valence-corrected chi connectivity index (χ1v) is 7.52. The smallest absolute Gasteiger partial charge is 0.272 e. The van der Waals surface area contributed by atoms with Crippen LogP contribution in [-0.4, -0.2) is 15.9 Å². The molecule has 4 nitrogen and oxygen atoms in total. The zero-order valence-corrected chi connectivity index (χ0v) is 12.8. The van der Waals surface area contributed by atoms with Crippen molar-refractivity contribution < 1.29 is 4.79 Å². The van der Waals surface area contributed by atoms with Gasteiger partial charge >= 0.3 is 0 Å². The maximum Gasteiger partial charge on any atom is 0.272 e. The van der Waals surface area contributed by atoms with Gasteiger partial charge in [0.05, 0.1) is 21.7 Å². The Morgan fingerprint density at radius 1 is 1.04 bits per heavy atom. The van der Waals surface area contributed by atoms with Crippen LogP contribution in [0.1, 0.15) is 10.5 Å². The molecule has 4 rings (SSSR count). The molecule has 0 atom stereocenters. The van der Waals surface area contributed by atoms with Crippen molar-refractivity contribution in [3.63, 3.8) is 0 Å². The monoisotopic (exact) mass is 321 g/mol. The first kappa shape index (κ1) is 13.8. The second-order valence-electron chi connectivity index (χ2n) is 5.22. The molecule has 0 aliphatic heterocycles. The molecule has 2 aromatic heterocycles. The number of rotatable bonds is 2. The van der Waals surface area contributed by atoms with E-state index in [-0.39, 0.29) is 5.91 Å². The van der Waals surface area contributed by atoms with E-state index in [4.69, 9.17) is 11.6 Å². The summed E-state index contributed by atoms with van der Waals surface area (Å²) in [4.78, 5) is 20.0. The molecule has 4 aromatic rings. The predicted molar refractivity (Wildman–Crippen MR) is 93.0 cm³/mol. The Morgan fingerprint density at radius 2 is 1.87 bits per heavy atom. The van der Waals surface area contributed by atoms with E-state index < -0.39 is 0 Å². The van der Waals surface area contributed by atoms with Crippen molar-refractivity contribution in [2.24, 2.45) is 0 Å². The van der Waals surface area contributed by atoms with Crippen LogP contribution >= 0.6 is 11.6 Å². The third kappa shape index (κ3) is 2.43. The maximum absolute atomic E-state index is 12.5. The molecule has 0 aliphatic carbocycles. The number of carbonyl (C=O) groups excluding carboxylic acids is 1. The van der Waals surface area contributed by atoms with E-state index in [9.17, 15) is 4.79 Å². The minimum Gasteiger partial charge on any atom is -0.349 e. The molecule has 0 aliphatic rings. The highest BCUT2D eigenvalue weighted by Crippen LogP contribution is 2.25. The number of fused-ring (bicyclic) bond motifs is 3. The summed E-state index contributed by atoms with van der Waals surface area (Å²) in [5.41, 5.74) is 2.76. The predicted octanol–water partition coefficient (Wildman–Crippen LogP) is 4.62. The van der Waals surface area contributed by atoms with Crippen LogP contribution in [-0.2, 0) is 0 Å². The molecule has 0 bridgehead atoms. The van der Waals surface area contributed by atoms with E-state index >= 15 is 0 Å². The standard InChI is InChI=1S/C18H12ClN3O/c19-13-5-1-2-6-14(13)22-18(23)15-10-12-8-7-11-4-3-9-20-16(11)17(12)21-15/h1-10,21H,(H,22,23). The summed E-state index contributed by atoms with van der Waals surface area (Å²) in [7, 11) is 0. The fourth-order valence-electron chi connectivity index (χ4n) is 2.61. The minimum absolute atomic E-state index is 0.238. The zero-order valence-electron chi connectivity index (χ0n) is 12.0. The molecule has 1 amide bonds. The van der Waals surface area contributed by atoms with Crippen molar-refractivity contribution in [3.05, 3.63) is 71.5 Å². The number of nitrogens with zero attached hydrogens (tertiary/aromatic N) is 1. The van der Waals surface area contributed by atoms with Crippen LogP contribution in [0.15, 0.2) is 60.8 Å². The molecule has 2 heterocycles. The number of hydrogen-bond donors (Lipinski definition) is 2. The molecule has 0 fully saturated rings. The van der Waals surface area contributed by atoms with Gasteiger partial charge in [-0.05, 0) is 24.3 Å². The molecular formula is C18H12ClN3O. The van der Waals surface area contributed by atoms with Gasteiger partial charge in [-0.15, -0.1) is 0 Å². The zero-order chi connectivity index (χ0) is 15.8. The Kier molecular flexibility index (Phi) is 3.24. The average Bonchev–Trinajstić information content (AvgIpc) is 3.02. The highest BCUT2D eigenvalue weighted by Gasteiger charge is 2.13. The molecule has 112 valence electrons. The lowest BCUT2D eigenvalue weighted by Crippen LogP contribution is -2.12. The molecule has 0 saturated heterocycles. The summed E-state index contributed by atoms with van der Waals surface area (Å²) in [6.07, 6.45) is 1.74. The number of amides is 1. The summed E-state index contributed by atoms with van der Waals surface area (Å²) in [5.74, 6) is -0.238. The topological polar surface area (TPSA) is 57.8 Å². The Balaban J connectivity index is 1.76. The van der Waals surface area contributed by atoms with Gasteiger partial charge in [0.2, 0.25) is 0 Å². The van der Waals surface area contributed by atoms with Crippen molar-refractivity contribution in [2.45, 2.75) is 0 Å². The Labute approximate surface area is 137 Å². The Hall–Kier alpha value is -2.85. The Morgan fingerprint density at radius 3 is 2.74 bits per heavy atom. The number of anilines is 1. The molecule has 0 saturated carbocycles. The molecule has 0 unspecified atom stereocenters. The van der Waals surface area contributed by atoms with Crippen molar-refractivity contribution in [1.29, 1.82) is 0 Å². The van der Waals surface area contributed by atoms with Crippen molar-refractivity contribution in [2.75, 3.05) is 5.32 Å². The minimum atomic E-state index is -0.238. The van der Waals surface area contributed by atoms with Gasteiger partial charge in [-0.3, -0.25) is 9.78 Å². The van der Waals surface area contributed by atoms with Gasteiger partial charge < -0.3 is 10.3 Å². The highest BCUT2D eigenvalue weighted by molar-refractivity contribution is 6.33. The number of carbonyl (C=O) groups is 1. The van der Waals surface area contributed by atoms with E-state index in [0.29, 0.717) is 16.4 Å². The number of aromatic nitrogens is 2. The molecule has 0 spiro atoms. The summed E-state index contributed by atoms with van der Waals surface area (Å²) in [6.45, 7) is 0. The number of pyridine rings is 1. The first-order chi connectivity index (χ1) is 11.2. The van der Waals surface area contributed by atoms with Gasteiger partial charge in [-0.1, -0.05) is 41.9 Å². The number of nitrogens with one attached hydrogen (secondary N) is 2.